The molecule has 1 amide bonds. The number of hydrogen-bond acceptors (Lipinski definition) is 8. The van der Waals surface area contributed by atoms with E-state index >= 15 is 0 Å². The molecule has 0 bridgehead atoms. The minimum absolute atomic E-state index is 0.0572. The predicted octanol–water partition coefficient (Wildman–Crippen LogP) is 3.38. The minimum atomic E-state index is -0.114. The molecule has 1 unspecified atom stereocenters. The highest BCUT2D eigenvalue weighted by atomic mass is 16.5. The molecule has 9 nitrogen and oxygen atoms in total. The molecule has 164 valence electrons. The number of rotatable bonds is 5. The Kier molecular flexibility index (Phi) is 5.35. The highest BCUT2D eigenvalue weighted by Gasteiger charge is 2.33. The molecule has 5 rings (SSSR count). The summed E-state index contributed by atoms with van der Waals surface area (Å²) in [4.78, 5) is 19.4. The van der Waals surface area contributed by atoms with Gasteiger partial charge >= 0.3 is 0 Å². The molecular weight excluding hydrogens is 400 g/mol. The SMILES string of the molecule is Cc1noc(C)c1Cc1ccc(C(=O)N2CCC(c3nc(C4CCOCC4)no3)C2)o1. The zero-order chi connectivity index (χ0) is 21.4. The Morgan fingerprint density at radius 2 is 1.94 bits per heavy atom. The van der Waals surface area contributed by atoms with E-state index in [4.69, 9.17) is 18.2 Å². The van der Waals surface area contributed by atoms with Crippen molar-refractivity contribution in [2.75, 3.05) is 26.3 Å². The van der Waals surface area contributed by atoms with E-state index in [0.717, 1.165) is 55.3 Å². The van der Waals surface area contributed by atoms with Crippen LogP contribution in [0.25, 0.3) is 0 Å². The van der Waals surface area contributed by atoms with Crippen LogP contribution in [0.5, 0.6) is 0 Å². The third-order valence-electron chi connectivity index (χ3n) is 6.27. The predicted molar refractivity (Wildman–Crippen MR) is 108 cm³/mol. The molecule has 3 aromatic rings. The van der Waals surface area contributed by atoms with Crippen molar-refractivity contribution in [3.63, 3.8) is 0 Å². The Bertz CT molecular complexity index is 1040. The monoisotopic (exact) mass is 426 g/mol. The fourth-order valence-corrected chi connectivity index (χ4v) is 4.35. The average Bonchev–Trinajstić information content (AvgIpc) is 3.58. The highest BCUT2D eigenvalue weighted by Crippen LogP contribution is 2.30. The van der Waals surface area contributed by atoms with Gasteiger partial charge in [-0.1, -0.05) is 10.3 Å². The lowest BCUT2D eigenvalue weighted by atomic mass is 10.00. The molecule has 1 atom stereocenters. The third-order valence-corrected chi connectivity index (χ3v) is 6.27. The zero-order valence-electron chi connectivity index (χ0n) is 17.8. The standard InChI is InChI=1S/C22H26N4O5/c1-13-18(14(2)30-24-13)11-17-3-4-19(29-17)22(27)26-8-5-16(12-26)21-23-20(25-31-21)15-6-9-28-10-7-15/h3-4,15-16H,5-12H2,1-2H3. The van der Waals surface area contributed by atoms with Crippen molar-refractivity contribution in [1.82, 2.24) is 20.2 Å². The van der Waals surface area contributed by atoms with Gasteiger partial charge in [0, 0.05) is 44.2 Å². The second-order valence-electron chi connectivity index (χ2n) is 8.36. The molecule has 5 heterocycles. The van der Waals surface area contributed by atoms with Gasteiger partial charge < -0.3 is 23.1 Å². The lowest BCUT2D eigenvalue weighted by Gasteiger charge is -2.18. The second kappa shape index (κ2) is 8.30. The van der Waals surface area contributed by atoms with E-state index in [1.54, 1.807) is 11.0 Å². The molecule has 0 N–H and O–H groups in total. The number of ether oxygens (including phenoxy) is 1. The second-order valence-corrected chi connectivity index (χ2v) is 8.36. The third kappa shape index (κ3) is 4.01. The fraction of sp³-hybridized carbons (Fsp3) is 0.545. The number of carbonyl (C=O) groups excluding carboxylic acids is 1. The van der Waals surface area contributed by atoms with E-state index in [1.807, 2.05) is 19.9 Å². The minimum Gasteiger partial charge on any atom is -0.456 e. The van der Waals surface area contributed by atoms with Crippen LogP contribution in [-0.4, -0.2) is 52.4 Å². The first kappa shape index (κ1) is 20.0. The average molecular weight is 426 g/mol. The maximum absolute atomic E-state index is 12.9. The van der Waals surface area contributed by atoms with Gasteiger partial charge in [0.15, 0.2) is 11.6 Å². The number of nitrogens with zero attached hydrogens (tertiary/aromatic N) is 4. The van der Waals surface area contributed by atoms with Crippen molar-refractivity contribution in [2.24, 2.45) is 0 Å². The number of likely N-dealkylation sites (tertiary alicyclic amines) is 1. The van der Waals surface area contributed by atoms with E-state index in [9.17, 15) is 4.79 Å². The van der Waals surface area contributed by atoms with Crippen LogP contribution in [0.4, 0.5) is 0 Å². The Labute approximate surface area is 179 Å². The van der Waals surface area contributed by atoms with Crippen molar-refractivity contribution in [3.05, 3.63) is 52.4 Å². The molecule has 0 spiro atoms. The summed E-state index contributed by atoms with van der Waals surface area (Å²) in [7, 11) is 0. The molecule has 2 aliphatic heterocycles. The Morgan fingerprint density at radius 3 is 2.71 bits per heavy atom. The van der Waals surface area contributed by atoms with Crippen molar-refractivity contribution in [1.29, 1.82) is 0 Å². The largest absolute Gasteiger partial charge is 0.456 e. The van der Waals surface area contributed by atoms with Gasteiger partial charge in [-0.2, -0.15) is 4.98 Å². The van der Waals surface area contributed by atoms with Crippen molar-refractivity contribution >= 4 is 5.91 Å². The summed E-state index contributed by atoms with van der Waals surface area (Å²) in [6.07, 6.45) is 3.19. The van der Waals surface area contributed by atoms with E-state index in [0.29, 0.717) is 42.8 Å². The van der Waals surface area contributed by atoms with Crippen molar-refractivity contribution < 1.29 is 23.0 Å². The quantitative estimate of drug-likeness (QED) is 0.611. The number of furan rings is 1. The molecule has 2 fully saturated rings. The van der Waals surface area contributed by atoms with Gasteiger partial charge in [-0.25, -0.2) is 0 Å². The van der Waals surface area contributed by atoms with Gasteiger partial charge in [-0.3, -0.25) is 4.79 Å². The van der Waals surface area contributed by atoms with Gasteiger partial charge in [-0.05, 0) is 45.2 Å². The summed E-state index contributed by atoms with van der Waals surface area (Å²) in [6.45, 7) is 6.44. The van der Waals surface area contributed by atoms with E-state index in [1.165, 1.54) is 0 Å². The maximum Gasteiger partial charge on any atom is 0.289 e. The summed E-state index contributed by atoms with van der Waals surface area (Å²) in [6, 6.07) is 3.57. The van der Waals surface area contributed by atoms with Gasteiger partial charge in [0.2, 0.25) is 5.89 Å². The Hall–Kier alpha value is -2.94. The molecule has 3 aromatic heterocycles. The van der Waals surface area contributed by atoms with Crippen molar-refractivity contribution in [2.45, 2.75) is 51.4 Å². The van der Waals surface area contributed by atoms with E-state index in [-0.39, 0.29) is 11.8 Å². The smallest absolute Gasteiger partial charge is 0.289 e. The summed E-state index contributed by atoms with van der Waals surface area (Å²) < 4.78 is 22.0. The summed E-state index contributed by atoms with van der Waals surface area (Å²) >= 11 is 0. The number of aromatic nitrogens is 3. The lowest BCUT2D eigenvalue weighted by Crippen LogP contribution is -2.28. The van der Waals surface area contributed by atoms with Crippen LogP contribution in [0.3, 0.4) is 0 Å². The fourth-order valence-electron chi connectivity index (χ4n) is 4.35. The summed E-state index contributed by atoms with van der Waals surface area (Å²) in [5.74, 6) is 3.45. The lowest BCUT2D eigenvalue weighted by molar-refractivity contribution is 0.0756. The zero-order valence-corrected chi connectivity index (χ0v) is 17.8. The first-order valence-corrected chi connectivity index (χ1v) is 10.8. The number of aryl methyl sites for hydroxylation is 2. The van der Waals surface area contributed by atoms with Gasteiger partial charge in [0.1, 0.15) is 11.5 Å². The normalized spacial score (nSPS) is 19.9. The molecular formula is C22H26N4O5. The number of amides is 1. The van der Waals surface area contributed by atoms with Crippen LogP contribution < -0.4 is 0 Å². The van der Waals surface area contributed by atoms with Crippen LogP contribution in [0.1, 0.15) is 76.1 Å². The molecule has 0 aromatic carbocycles. The molecule has 9 heteroatoms. The van der Waals surface area contributed by atoms with Crippen LogP contribution in [0.2, 0.25) is 0 Å². The van der Waals surface area contributed by atoms with Gasteiger partial charge in [-0.15, -0.1) is 0 Å². The Morgan fingerprint density at radius 1 is 1.10 bits per heavy atom. The molecule has 0 radical (unpaired) electrons. The van der Waals surface area contributed by atoms with Gasteiger partial charge in [0.25, 0.3) is 5.91 Å². The number of hydrogen-bond donors (Lipinski definition) is 0. The summed E-state index contributed by atoms with van der Waals surface area (Å²) in [5, 5.41) is 8.16. The number of carbonyl (C=O) groups is 1. The van der Waals surface area contributed by atoms with Crippen molar-refractivity contribution in [3.8, 4) is 0 Å². The summed E-state index contributed by atoms with van der Waals surface area (Å²) in [5.41, 5.74) is 1.83. The maximum atomic E-state index is 12.9. The molecule has 31 heavy (non-hydrogen) atoms. The molecule has 2 saturated heterocycles. The first-order chi connectivity index (χ1) is 15.1. The van der Waals surface area contributed by atoms with Crippen LogP contribution >= 0.6 is 0 Å². The topological polar surface area (TPSA) is 108 Å². The molecule has 0 saturated carbocycles. The first-order valence-electron chi connectivity index (χ1n) is 10.8. The van der Waals surface area contributed by atoms with E-state index < -0.39 is 0 Å². The van der Waals surface area contributed by atoms with Gasteiger partial charge in [0.05, 0.1) is 11.6 Å². The van der Waals surface area contributed by atoms with E-state index in [2.05, 4.69) is 15.3 Å². The molecule has 0 aliphatic carbocycles. The van der Waals surface area contributed by atoms with Crippen LogP contribution in [0, 0.1) is 13.8 Å². The molecule has 2 aliphatic rings. The van der Waals surface area contributed by atoms with Crippen LogP contribution in [-0.2, 0) is 11.2 Å². The van der Waals surface area contributed by atoms with Crippen LogP contribution in [0.15, 0.2) is 25.6 Å². The highest BCUT2D eigenvalue weighted by molar-refractivity contribution is 5.91. The Balaban J connectivity index is 1.22.